The smallest absolute Gasteiger partial charge is 0.336 e. The normalized spacial score (nSPS) is 11.1. The van der Waals surface area contributed by atoms with Crippen LogP contribution in [-0.2, 0) is 13.0 Å². The summed E-state index contributed by atoms with van der Waals surface area (Å²) >= 11 is 0. The van der Waals surface area contributed by atoms with Gasteiger partial charge < -0.3 is 25.7 Å². The number of carboxylic acid groups (broad SMARTS) is 1. The number of nitrogens with zero attached hydrogens (tertiary/aromatic N) is 2. The van der Waals surface area contributed by atoms with Crippen LogP contribution in [0.4, 0.5) is 11.5 Å². The maximum Gasteiger partial charge on any atom is 0.336 e. The zero-order valence-electron chi connectivity index (χ0n) is 23.5. The summed E-state index contributed by atoms with van der Waals surface area (Å²) in [6.45, 7) is 0.272. The number of hydrogen-bond donors (Lipinski definition) is 4. The van der Waals surface area contributed by atoms with Crippen molar-refractivity contribution in [2.24, 2.45) is 0 Å². The van der Waals surface area contributed by atoms with Crippen LogP contribution in [0.5, 0.6) is 6.01 Å². The van der Waals surface area contributed by atoms with Crippen LogP contribution in [0.15, 0.2) is 95.5 Å². The molecule has 0 bridgehead atoms. The molecule has 0 atom stereocenters. The number of aryl methyl sites for hydroxylation is 1. The van der Waals surface area contributed by atoms with Gasteiger partial charge in [-0.25, -0.2) is 9.78 Å². The Labute approximate surface area is 251 Å². The maximum atomic E-state index is 13.2. The zero-order valence-corrected chi connectivity index (χ0v) is 23.5. The van der Waals surface area contributed by atoms with Gasteiger partial charge in [0.2, 0.25) is 0 Å². The number of carboxylic acids is 1. The summed E-state index contributed by atoms with van der Waals surface area (Å²) in [7, 11) is 0. The molecule has 1 aliphatic heterocycles. The topological polar surface area (TPSA) is 180 Å². The van der Waals surface area contributed by atoms with Crippen LogP contribution in [0, 0.1) is 0 Å². The van der Waals surface area contributed by atoms with Gasteiger partial charge in [-0.05, 0) is 53.4 Å². The van der Waals surface area contributed by atoms with Crippen molar-refractivity contribution in [3.63, 3.8) is 0 Å². The molecule has 7 N–H and O–H groups in total. The summed E-state index contributed by atoms with van der Waals surface area (Å²) < 4.78 is 11.7. The first-order chi connectivity index (χ1) is 21.2. The van der Waals surface area contributed by atoms with Crippen LogP contribution in [-0.4, -0.2) is 26.8 Å². The average molecular weight is 587 g/mol. The molecule has 0 spiro atoms. The molecule has 44 heavy (non-hydrogen) atoms. The first-order valence-corrected chi connectivity index (χ1v) is 13.8. The monoisotopic (exact) mass is 586 g/mol. The summed E-state index contributed by atoms with van der Waals surface area (Å²) in [5, 5.41) is 17.4. The van der Waals surface area contributed by atoms with Gasteiger partial charge in [0.25, 0.3) is 0 Å². The summed E-state index contributed by atoms with van der Waals surface area (Å²) in [4.78, 5) is 33.8. The van der Waals surface area contributed by atoms with Crippen molar-refractivity contribution in [2.75, 3.05) is 11.5 Å². The number of fused-ring (bicyclic) bond motifs is 2. The lowest BCUT2D eigenvalue weighted by Crippen LogP contribution is -2.44. The van der Waals surface area contributed by atoms with Gasteiger partial charge in [-0.3, -0.25) is 10.2 Å². The number of hydrogen-bond acceptors (Lipinski definition) is 8. The lowest BCUT2D eigenvalue weighted by Gasteiger charge is -2.17. The molecule has 0 saturated carbocycles. The molecule has 1 aliphatic carbocycles. The van der Waals surface area contributed by atoms with Crippen molar-refractivity contribution < 1.29 is 29.3 Å². The maximum absolute atomic E-state index is 13.2. The van der Waals surface area contributed by atoms with E-state index < -0.39 is 5.97 Å². The number of rotatable bonds is 9. The van der Waals surface area contributed by atoms with Crippen molar-refractivity contribution in [1.29, 1.82) is 0 Å². The minimum atomic E-state index is -1.15. The van der Waals surface area contributed by atoms with Gasteiger partial charge in [-0.15, -0.1) is 0 Å². The number of anilines is 2. The third-order valence-corrected chi connectivity index (χ3v) is 7.30. The van der Waals surface area contributed by atoms with E-state index in [9.17, 15) is 14.7 Å². The molecular weight excluding hydrogens is 558 g/mol. The van der Waals surface area contributed by atoms with Crippen LogP contribution in [0.25, 0.3) is 33.4 Å². The Balaban J connectivity index is 1.23. The lowest BCUT2D eigenvalue weighted by atomic mass is 9.89. The molecule has 0 saturated heterocycles. The second kappa shape index (κ2) is 11.7. The largest absolute Gasteiger partial charge is 0.478 e. The fourth-order valence-electron chi connectivity index (χ4n) is 5.10. The molecule has 2 heterocycles. The number of ketones is 1. The fraction of sp³-hybridized carbons (Fsp3) is 0.0882. The molecule has 10 nitrogen and oxygen atoms in total. The minimum Gasteiger partial charge on any atom is -0.478 e. The summed E-state index contributed by atoms with van der Waals surface area (Å²) in [5.41, 5.74) is 16.6. The van der Waals surface area contributed by atoms with E-state index in [-0.39, 0.29) is 30.4 Å². The van der Waals surface area contributed by atoms with Crippen molar-refractivity contribution >= 4 is 34.2 Å². The Morgan fingerprint density at radius 1 is 0.886 bits per heavy atom. The number of ether oxygens (including phenoxy) is 1. The van der Waals surface area contributed by atoms with E-state index in [1.165, 1.54) is 12.3 Å². The van der Waals surface area contributed by atoms with Gasteiger partial charge in [-0.1, -0.05) is 36.4 Å². The molecule has 0 fully saturated rings. The van der Waals surface area contributed by atoms with Gasteiger partial charge in [0.1, 0.15) is 23.8 Å². The number of benzene rings is 4. The van der Waals surface area contributed by atoms with Gasteiger partial charge in [-0.2, -0.15) is 4.98 Å². The molecule has 3 aromatic carbocycles. The zero-order chi connectivity index (χ0) is 30.8. The second-order valence-electron chi connectivity index (χ2n) is 10.3. The molecular formula is C34H28N5O5+. The molecule has 0 unspecified atom stereocenters. The van der Waals surface area contributed by atoms with Gasteiger partial charge >= 0.3 is 12.0 Å². The summed E-state index contributed by atoms with van der Waals surface area (Å²) in [5.74, 6) is -0.493. The van der Waals surface area contributed by atoms with E-state index in [0.29, 0.717) is 62.3 Å². The Hall–Kier alpha value is -6.03. The van der Waals surface area contributed by atoms with Crippen molar-refractivity contribution in [2.45, 2.75) is 19.4 Å². The number of nitrogen functional groups attached to an aromatic ring is 2. The van der Waals surface area contributed by atoms with Crippen LogP contribution < -0.4 is 27.0 Å². The highest BCUT2D eigenvalue weighted by molar-refractivity contribution is 6.09. The first kappa shape index (κ1) is 28.1. The number of Topliss-reactive ketones (excluding diaryl/α,β-unsaturated/α-hetero) is 1. The number of carbonyl (C=O) groups excluding carboxylic acids is 1. The highest BCUT2D eigenvalue weighted by Gasteiger charge is 2.23. The van der Waals surface area contributed by atoms with Crippen LogP contribution in [0.1, 0.15) is 38.3 Å². The quantitative estimate of drug-likeness (QED) is 0.111. The van der Waals surface area contributed by atoms with Gasteiger partial charge in [0.05, 0.1) is 11.6 Å². The van der Waals surface area contributed by atoms with Crippen LogP contribution >= 0.6 is 0 Å². The van der Waals surface area contributed by atoms with Crippen molar-refractivity contribution in [3.8, 4) is 28.5 Å². The predicted molar refractivity (Wildman–Crippen MR) is 165 cm³/mol. The Kier molecular flexibility index (Phi) is 7.47. The van der Waals surface area contributed by atoms with E-state index in [4.69, 9.17) is 26.0 Å². The molecule has 6 rings (SSSR count). The van der Waals surface area contributed by atoms with Crippen molar-refractivity contribution in [1.82, 2.24) is 9.97 Å². The Morgan fingerprint density at radius 3 is 2.43 bits per heavy atom. The molecule has 4 aromatic rings. The first-order valence-electron chi connectivity index (χ1n) is 13.8. The molecule has 10 heteroatoms. The number of carbonyl (C=O) groups is 2. The van der Waals surface area contributed by atoms with Crippen LogP contribution in [0.3, 0.4) is 0 Å². The van der Waals surface area contributed by atoms with E-state index in [1.807, 2.05) is 24.3 Å². The third kappa shape index (κ3) is 5.82. The molecule has 2 aliphatic rings. The summed E-state index contributed by atoms with van der Waals surface area (Å²) in [6, 6.07) is 24.7. The van der Waals surface area contributed by atoms with E-state index in [2.05, 4.69) is 9.97 Å². The molecule has 0 amide bonds. The van der Waals surface area contributed by atoms with Crippen molar-refractivity contribution in [3.05, 3.63) is 119 Å². The standard InChI is InChI=1S/C34H27N5O5/c35-22-7-10-25-29(16-22)44-30-17-23(36)8-11-26(30)32(25)24-9-6-21(15-27(24)33(41)42)28(40)12-5-19-1-3-20(4-2-19)18-43-34-38-14-13-31(37)39-34/h1-4,6-11,13-17,35H,5,12,18,36H2,(H,41,42)(H2,37,38,39)/p+1. The Morgan fingerprint density at radius 2 is 1.66 bits per heavy atom. The second-order valence-corrected chi connectivity index (χ2v) is 10.3. The SMILES string of the molecule is Nc1ccc2c(-c3ccc(C(=O)CCc4ccc(COc5nccc(N)n5)cc4)cc3C(=O)O)c3ccc(=[NH2+])cc-3oc2c1. The fourth-order valence-corrected chi connectivity index (χ4v) is 5.10. The highest BCUT2D eigenvalue weighted by atomic mass is 16.5. The number of aromatic nitrogens is 2. The molecule has 1 aromatic heterocycles. The lowest BCUT2D eigenvalue weighted by molar-refractivity contribution is -0.172. The van der Waals surface area contributed by atoms with Gasteiger partial charge in [0, 0.05) is 52.5 Å². The highest BCUT2D eigenvalue weighted by Crippen LogP contribution is 2.41. The van der Waals surface area contributed by atoms with Crippen LogP contribution in [0.2, 0.25) is 0 Å². The average Bonchev–Trinajstić information content (AvgIpc) is 3.01. The molecule has 218 valence electrons. The number of nitrogens with two attached hydrogens (primary N) is 3. The van der Waals surface area contributed by atoms with E-state index >= 15 is 0 Å². The summed E-state index contributed by atoms with van der Waals surface area (Å²) in [6.07, 6.45) is 2.22. The predicted octanol–water partition coefficient (Wildman–Crippen LogP) is 3.91. The van der Waals surface area contributed by atoms with Gasteiger partial charge in [0.15, 0.2) is 11.1 Å². The molecule has 0 radical (unpaired) electrons. The third-order valence-electron chi connectivity index (χ3n) is 7.30. The van der Waals surface area contributed by atoms with E-state index in [1.54, 1.807) is 54.6 Å². The van der Waals surface area contributed by atoms with E-state index in [0.717, 1.165) is 11.1 Å². The number of aromatic carboxylic acids is 1. The Bertz CT molecular complexity index is 2070. The minimum absolute atomic E-state index is 0.00630.